The number of esters is 1. The number of methoxy groups -OCH3 is 1. The van der Waals surface area contributed by atoms with Crippen molar-refractivity contribution in [2.24, 2.45) is 0 Å². The van der Waals surface area contributed by atoms with Crippen LogP contribution in [0.3, 0.4) is 0 Å². The smallest absolute Gasteiger partial charge is 0.339 e. The SMILES string of the molecule is COC(=O)c1cnc(N2CCN(c3ccccn3)CC2)c([N+](=O)[O-])c1. The Balaban J connectivity index is 1.78. The van der Waals surface area contributed by atoms with Gasteiger partial charge in [0.2, 0.25) is 5.82 Å². The standard InChI is InChI=1S/C16H17N5O4/c1-25-16(22)12-10-13(21(23)24)15(18-11-12)20-8-6-19(7-9-20)14-4-2-3-5-17-14/h2-5,10-11H,6-9H2,1H3. The van der Waals surface area contributed by atoms with Crippen LogP contribution in [0.2, 0.25) is 0 Å². The van der Waals surface area contributed by atoms with Gasteiger partial charge in [0.25, 0.3) is 0 Å². The molecule has 9 heteroatoms. The predicted octanol–water partition coefficient (Wildman–Crippen LogP) is 1.50. The monoisotopic (exact) mass is 343 g/mol. The molecule has 3 heterocycles. The maximum absolute atomic E-state index is 11.6. The van der Waals surface area contributed by atoms with Gasteiger partial charge < -0.3 is 14.5 Å². The molecular weight excluding hydrogens is 326 g/mol. The quantitative estimate of drug-likeness (QED) is 0.467. The predicted molar refractivity (Wildman–Crippen MR) is 90.9 cm³/mol. The average molecular weight is 343 g/mol. The number of hydrogen-bond acceptors (Lipinski definition) is 8. The van der Waals surface area contributed by atoms with Gasteiger partial charge in [0.05, 0.1) is 17.6 Å². The molecule has 2 aromatic heterocycles. The van der Waals surface area contributed by atoms with Crippen molar-refractivity contribution in [1.29, 1.82) is 0 Å². The van der Waals surface area contributed by atoms with Crippen molar-refractivity contribution in [3.8, 4) is 0 Å². The van der Waals surface area contributed by atoms with E-state index < -0.39 is 10.9 Å². The molecule has 0 amide bonds. The molecule has 0 bridgehead atoms. The highest BCUT2D eigenvalue weighted by Gasteiger charge is 2.27. The normalized spacial score (nSPS) is 14.3. The van der Waals surface area contributed by atoms with Crippen LogP contribution in [0, 0.1) is 10.1 Å². The van der Waals surface area contributed by atoms with Crippen molar-refractivity contribution in [3.63, 3.8) is 0 Å². The van der Waals surface area contributed by atoms with Gasteiger partial charge >= 0.3 is 11.7 Å². The molecule has 3 rings (SSSR count). The van der Waals surface area contributed by atoms with E-state index in [9.17, 15) is 14.9 Å². The number of piperazine rings is 1. The minimum Gasteiger partial charge on any atom is -0.465 e. The lowest BCUT2D eigenvalue weighted by Gasteiger charge is -2.35. The van der Waals surface area contributed by atoms with Gasteiger partial charge in [-0.25, -0.2) is 14.8 Å². The van der Waals surface area contributed by atoms with Gasteiger partial charge in [-0.05, 0) is 12.1 Å². The fourth-order valence-corrected chi connectivity index (χ4v) is 2.74. The molecule has 130 valence electrons. The number of anilines is 2. The first-order chi connectivity index (χ1) is 12.1. The number of rotatable bonds is 4. The Morgan fingerprint density at radius 2 is 1.92 bits per heavy atom. The van der Waals surface area contributed by atoms with Gasteiger partial charge in [-0.2, -0.15) is 0 Å². The molecule has 0 atom stereocenters. The van der Waals surface area contributed by atoms with Gasteiger partial charge in [-0.1, -0.05) is 6.07 Å². The number of nitrogens with zero attached hydrogens (tertiary/aromatic N) is 5. The van der Waals surface area contributed by atoms with E-state index >= 15 is 0 Å². The van der Waals surface area contributed by atoms with E-state index in [0.717, 1.165) is 5.82 Å². The lowest BCUT2D eigenvalue weighted by Crippen LogP contribution is -2.47. The van der Waals surface area contributed by atoms with Crippen molar-refractivity contribution in [1.82, 2.24) is 9.97 Å². The number of ether oxygens (including phenoxy) is 1. The summed E-state index contributed by atoms with van der Waals surface area (Å²) in [5.74, 6) is 0.492. The second-order valence-electron chi connectivity index (χ2n) is 5.48. The minimum atomic E-state index is -0.651. The third kappa shape index (κ3) is 3.49. The Hall–Kier alpha value is -3.23. The van der Waals surface area contributed by atoms with Gasteiger partial charge in [0.1, 0.15) is 5.82 Å². The molecule has 25 heavy (non-hydrogen) atoms. The number of pyridine rings is 2. The van der Waals surface area contributed by atoms with E-state index in [1.165, 1.54) is 19.4 Å². The average Bonchev–Trinajstić information content (AvgIpc) is 2.67. The lowest BCUT2D eigenvalue weighted by atomic mass is 10.2. The lowest BCUT2D eigenvalue weighted by molar-refractivity contribution is -0.384. The Kier molecular flexibility index (Phi) is 4.73. The van der Waals surface area contributed by atoms with Crippen molar-refractivity contribution < 1.29 is 14.5 Å². The summed E-state index contributed by atoms with van der Waals surface area (Å²) in [5.41, 5.74) is -0.140. The number of carbonyl (C=O) groups excluding carboxylic acids is 1. The molecule has 0 spiro atoms. The van der Waals surface area contributed by atoms with Gasteiger partial charge in [-0.15, -0.1) is 0 Å². The molecule has 0 unspecified atom stereocenters. The third-order valence-corrected chi connectivity index (χ3v) is 4.02. The van der Waals surface area contributed by atoms with Crippen LogP contribution in [-0.4, -0.2) is 54.1 Å². The second-order valence-corrected chi connectivity index (χ2v) is 5.48. The van der Waals surface area contributed by atoms with Crippen LogP contribution in [0.1, 0.15) is 10.4 Å². The van der Waals surface area contributed by atoms with Crippen LogP contribution in [0.25, 0.3) is 0 Å². The first-order valence-electron chi connectivity index (χ1n) is 7.74. The zero-order valence-electron chi connectivity index (χ0n) is 13.7. The number of hydrogen-bond donors (Lipinski definition) is 0. The Bertz CT molecular complexity index is 775. The van der Waals surface area contributed by atoms with Crippen LogP contribution in [0.15, 0.2) is 36.7 Å². The third-order valence-electron chi connectivity index (χ3n) is 4.02. The molecule has 0 N–H and O–H groups in total. The Morgan fingerprint density at radius 1 is 1.20 bits per heavy atom. The number of aromatic nitrogens is 2. The maximum atomic E-state index is 11.6. The highest BCUT2D eigenvalue weighted by atomic mass is 16.6. The van der Waals surface area contributed by atoms with Crippen LogP contribution < -0.4 is 9.80 Å². The summed E-state index contributed by atoms with van der Waals surface area (Å²) >= 11 is 0. The van der Waals surface area contributed by atoms with E-state index in [1.807, 2.05) is 23.1 Å². The molecule has 1 saturated heterocycles. The van der Waals surface area contributed by atoms with E-state index in [4.69, 9.17) is 0 Å². The topological polar surface area (TPSA) is 102 Å². The largest absolute Gasteiger partial charge is 0.465 e. The molecular formula is C16H17N5O4. The van der Waals surface area contributed by atoms with Crippen LogP contribution >= 0.6 is 0 Å². The maximum Gasteiger partial charge on any atom is 0.339 e. The molecule has 9 nitrogen and oxygen atoms in total. The zero-order valence-corrected chi connectivity index (χ0v) is 13.7. The number of carbonyl (C=O) groups is 1. The molecule has 1 aliphatic rings. The molecule has 0 saturated carbocycles. The van der Waals surface area contributed by atoms with E-state index in [1.54, 1.807) is 6.20 Å². The van der Waals surface area contributed by atoms with Crippen molar-refractivity contribution in [2.45, 2.75) is 0 Å². The fourth-order valence-electron chi connectivity index (χ4n) is 2.74. The van der Waals surface area contributed by atoms with Crippen LogP contribution in [0.5, 0.6) is 0 Å². The first-order valence-corrected chi connectivity index (χ1v) is 7.74. The van der Waals surface area contributed by atoms with E-state index in [2.05, 4.69) is 19.6 Å². The van der Waals surface area contributed by atoms with Crippen molar-refractivity contribution >= 4 is 23.3 Å². The summed E-state index contributed by atoms with van der Waals surface area (Å²) in [7, 11) is 1.22. The first kappa shape index (κ1) is 16.6. The van der Waals surface area contributed by atoms with Gasteiger partial charge in [0, 0.05) is 44.6 Å². The van der Waals surface area contributed by atoms with E-state index in [0.29, 0.717) is 26.2 Å². The van der Waals surface area contributed by atoms with Crippen LogP contribution in [-0.2, 0) is 4.74 Å². The summed E-state index contributed by atoms with van der Waals surface area (Å²) in [6.45, 7) is 2.49. The molecule has 1 aliphatic heterocycles. The summed E-state index contributed by atoms with van der Waals surface area (Å²) in [6.07, 6.45) is 3.04. The van der Waals surface area contributed by atoms with E-state index in [-0.39, 0.29) is 17.1 Å². The molecule has 0 aliphatic carbocycles. The molecule has 0 aromatic carbocycles. The summed E-state index contributed by atoms with van der Waals surface area (Å²) in [4.78, 5) is 34.8. The van der Waals surface area contributed by atoms with Gasteiger partial charge in [-0.3, -0.25) is 10.1 Å². The van der Waals surface area contributed by atoms with Crippen molar-refractivity contribution in [2.75, 3.05) is 43.1 Å². The highest BCUT2D eigenvalue weighted by molar-refractivity contribution is 5.90. The Labute approximate surface area is 144 Å². The fraction of sp³-hybridized carbons (Fsp3) is 0.312. The Morgan fingerprint density at radius 3 is 2.52 bits per heavy atom. The van der Waals surface area contributed by atoms with Gasteiger partial charge in [0.15, 0.2) is 0 Å². The summed E-state index contributed by atoms with van der Waals surface area (Å²) in [6, 6.07) is 6.92. The molecule has 0 radical (unpaired) electrons. The molecule has 1 fully saturated rings. The summed E-state index contributed by atoms with van der Waals surface area (Å²) < 4.78 is 4.59. The molecule has 2 aromatic rings. The summed E-state index contributed by atoms with van der Waals surface area (Å²) in [5, 5.41) is 11.4. The number of nitro groups is 1. The minimum absolute atomic E-state index is 0.0603. The zero-order chi connectivity index (χ0) is 17.8. The van der Waals surface area contributed by atoms with Crippen molar-refractivity contribution in [3.05, 3.63) is 52.3 Å². The second kappa shape index (κ2) is 7.12. The highest BCUT2D eigenvalue weighted by Crippen LogP contribution is 2.28. The van der Waals surface area contributed by atoms with Crippen LogP contribution in [0.4, 0.5) is 17.3 Å².